The Kier molecular flexibility index (Phi) is 1.43. The molecule has 0 spiro atoms. The molecule has 0 bridgehead atoms. The highest BCUT2D eigenvalue weighted by molar-refractivity contribution is 5.82. The van der Waals surface area contributed by atoms with Gasteiger partial charge in [0.05, 0.1) is 11.1 Å². The van der Waals surface area contributed by atoms with Crippen molar-refractivity contribution in [3.8, 4) is 0 Å². The normalized spacial score (nSPS) is 10.4. The Hall–Kier alpha value is -1.64. The Balaban J connectivity index is 2.88. The Morgan fingerprint density at radius 2 is 2.25 bits per heavy atom. The molecule has 0 aliphatic rings. The molecule has 0 saturated carbocycles. The molecular formula is C9H8N2O. The number of hydrogen-bond acceptors (Lipinski definition) is 2. The van der Waals surface area contributed by atoms with E-state index in [4.69, 9.17) is 0 Å². The average molecular weight is 160 g/mol. The van der Waals surface area contributed by atoms with Gasteiger partial charge in [-0.05, 0) is 18.4 Å². The Bertz CT molecular complexity index is 426. The number of aromatic nitrogens is 2. The number of rotatable bonds is 0. The summed E-state index contributed by atoms with van der Waals surface area (Å²) >= 11 is 0. The highest BCUT2D eigenvalue weighted by Crippen LogP contribution is 2.12. The second-order valence-electron chi connectivity index (χ2n) is 2.70. The Morgan fingerprint density at radius 3 is 3.08 bits per heavy atom. The van der Waals surface area contributed by atoms with Gasteiger partial charge < -0.3 is 5.21 Å². The number of fused-ring (bicyclic) bond motifs is 1. The maximum Gasteiger partial charge on any atom is 0.190 e. The molecule has 0 fully saturated rings. The molecule has 2 heterocycles. The van der Waals surface area contributed by atoms with Crippen molar-refractivity contribution in [3.63, 3.8) is 0 Å². The van der Waals surface area contributed by atoms with Gasteiger partial charge in [-0.15, -0.1) is 0 Å². The molecule has 0 aromatic carbocycles. The van der Waals surface area contributed by atoms with E-state index in [0.29, 0.717) is 0 Å². The van der Waals surface area contributed by atoms with Crippen LogP contribution in [-0.2, 0) is 0 Å². The first-order chi connectivity index (χ1) is 5.77. The van der Waals surface area contributed by atoms with Crippen molar-refractivity contribution in [3.05, 3.63) is 41.6 Å². The summed E-state index contributed by atoms with van der Waals surface area (Å²) in [6, 6.07) is 3.68. The van der Waals surface area contributed by atoms with E-state index < -0.39 is 0 Å². The van der Waals surface area contributed by atoms with Gasteiger partial charge in [0.1, 0.15) is 0 Å². The third-order valence-corrected chi connectivity index (χ3v) is 1.88. The lowest BCUT2D eigenvalue weighted by molar-refractivity contribution is -0.603. The van der Waals surface area contributed by atoms with Gasteiger partial charge in [0, 0.05) is 12.3 Å². The van der Waals surface area contributed by atoms with E-state index in [1.54, 1.807) is 12.3 Å². The van der Waals surface area contributed by atoms with Gasteiger partial charge in [-0.25, -0.2) is 0 Å². The first-order valence-corrected chi connectivity index (χ1v) is 3.71. The molecule has 0 aliphatic carbocycles. The van der Waals surface area contributed by atoms with Crippen LogP contribution in [0, 0.1) is 12.1 Å². The van der Waals surface area contributed by atoms with Crippen molar-refractivity contribution in [1.29, 1.82) is 0 Å². The van der Waals surface area contributed by atoms with Crippen LogP contribution < -0.4 is 4.73 Å². The fraction of sp³-hybridized carbons (Fsp3) is 0.111. The minimum Gasteiger partial charge on any atom is -0.619 e. The Labute approximate surface area is 69.9 Å². The molecule has 0 atom stereocenters. The minimum atomic E-state index is 0.789. The number of pyridine rings is 2. The smallest absolute Gasteiger partial charge is 0.190 e. The molecule has 2 aromatic heterocycles. The second kappa shape index (κ2) is 2.44. The molecule has 12 heavy (non-hydrogen) atoms. The highest BCUT2D eigenvalue weighted by Gasteiger charge is 2.00. The van der Waals surface area contributed by atoms with E-state index in [1.807, 2.05) is 13.0 Å². The van der Waals surface area contributed by atoms with Crippen molar-refractivity contribution in [2.24, 2.45) is 0 Å². The van der Waals surface area contributed by atoms with Gasteiger partial charge in [-0.3, -0.25) is 4.98 Å². The summed E-state index contributed by atoms with van der Waals surface area (Å²) < 4.78 is 0.789. The zero-order valence-electron chi connectivity index (χ0n) is 6.69. The lowest BCUT2D eigenvalue weighted by Crippen LogP contribution is -2.23. The summed E-state index contributed by atoms with van der Waals surface area (Å²) in [5.74, 6) is 0. The third-order valence-electron chi connectivity index (χ3n) is 1.88. The van der Waals surface area contributed by atoms with Crippen LogP contribution in [-0.4, -0.2) is 4.98 Å². The van der Waals surface area contributed by atoms with Crippen LogP contribution in [0.3, 0.4) is 0 Å². The lowest BCUT2D eigenvalue weighted by atomic mass is 10.2. The molecule has 0 unspecified atom stereocenters. The second-order valence-corrected chi connectivity index (χ2v) is 2.70. The maximum atomic E-state index is 10.9. The Morgan fingerprint density at radius 1 is 1.42 bits per heavy atom. The SMILES string of the molecule is Cc1nccc2cc[n+]([O-])cc12. The van der Waals surface area contributed by atoms with Gasteiger partial charge in [0.25, 0.3) is 0 Å². The number of aryl methyl sites for hydroxylation is 1. The summed E-state index contributed by atoms with van der Waals surface area (Å²) in [7, 11) is 0. The average Bonchev–Trinajstić information content (AvgIpc) is 2.07. The monoisotopic (exact) mass is 160 g/mol. The summed E-state index contributed by atoms with van der Waals surface area (Å²) in [5.41, 5.74) is 0.887. The minimum absolute atomic E-state index is 0.789. The molecule has 2 rings (SSSR count). The van der Waals surface area contributed by atoms with Crippen molar-refractivity contribution in [1.82, 2.24) is 4.98 Å². The summed E-state index contributed by atoms with van der Waals surface area (Å²) in [6.07, 6.45) is 4.77. The molecule has 0 radical (unpaired) electrons. The molecule has 0 aliphatic heterocycles. The first kappa shape index (κ1) is 7.03. The molecule has 0 amide bonds. The fourth-order valence-corrected chi connectivity index (χ4v) is 1.23. The van der Waals surface area contributed by atoms with E-state index in [0.717, 1.165) is 21.2 Å². The van der Waals surface area contributed by atoms with Crippen LogP contribution >= 0.6 is 0 Å². The zero-order chi connectivity index (χ0) is 8.55. The van der Waals surface area contributed by atoms with E-state index in [-0.39, 0.29) is 0 Å². The van der Waals surface area contributed by atoms with Crippen LogP contribution in [0.2, 0.25) is 0 Å². The van der Waals surface area contributed by atoms with Crippen LogP contribution in [0.25, 0.3) is 10.8 Å². The maximum absolute atomic E-state index is 10.9. The summed E-state index contributed by atoms with van der Waals surface area (Å²) in [6.45, 7) is 1.89. The third kappa shape index (κ3) is 0.993. The number of hydrogen-bond donors (Lipinski definition) is 0. The number of nitrogens with zero attached hydrogens (tertiary/aromatic N) is 2. The van der Waals surface area contributed by atoms with Crippen LogP contribution in [0.1, 0.15) is 5.69 Å². The molecule has 3 nitrogen and oxygen atoms in total. The van der Waals surface area contributed by atoms with Gasteiger partial charge in [0.2, 0.25) is 0 Å². The molecule has 2 aromatic rings. The van der Waals surface area contributed by atoms with Gasteiger partial charge in [-0.1, -0.05) is 0 Å². The van der Waals surface area contributed by atoms with Crippen molar-refractivity contribution < 1.29 is 4.73 Å². The largest absolute Gasteiger partial charge is 0.619 e. The van der Waals surface area contributed by atoms with E-state index in [2.05, 4.69) is 4.98 Å². The summed E-state index contributed by atoms with van der Waals surface area (Å²) in [4.78, 5) is 4.10. The predicted octanol–water partition coefficient (Wildman–Crippen LogP) is 1.18. The van der Waals surface area contributed by atoms with Crippen LogP contribution in [0.4, 0.5) is 0 Å². The van der Waals surface area contributed by atoms with E-state index >= 15 is 0 Å². The van der Waals surface area contributed by atoms with Crippen LogP contribution in [0.15, 0.2) is 30.7 Å². The molecule has 0 N–H and O–H groups in total. The van der Waals surface area contributed by atoms with E-state index in [1.165, 1.54) is 12.4 Å². The highest BCUT2D eigenvalue weighted by atomic mass is 16.5. The first-order valence-electron chi connectivity index (χ1n) is 3.71. The topological polar surface area (TPSA) is 39.8 Å². The molecular weight excluding hydrogens is 152 g/mol. The standard InChI is InChI=1S/C9H8N2O/c1-7-9-6-11(12)5-3-8(9)2-4-10-7/h2-6H,1H3. The van der Waals surface area contributed by atoms with Crippen molar-refractivity contribution in [2.45, 2.75) is 6.92 Å². The van der Waals surface area contributed by atoms with E-state index in [9.17, 15) is 5.21 Å². The van der Waals surface area contributed by atoms with Gasteiger partial charge in [0.15, 0.2) is 12.4 Å². The molecule has 0 saturated heterocycles. The predicted molar refractivity (Wildman–Crippen MR) is 45.4 cm³/mol. The quantitative estimate of drug-likeness (QED) is 0.428. The van der Waals surface area contributed by atoms with Gasteiger partial charge in [-0.2, -0.15) is 4.73 Å². The molecule has 60 valence electrons. The lowest BCUT2D eigenvalue weighted by Gasteiger charge is -1.99. The van der Waals surface area contributed by atoms with Gasteiger partial charge >= 0.3 is 0 Å². The summed E-state index contributed by atoms with van der Waals surface area (Å²) in [5, 5.41) is 12.9. The van der Waals surface area contributed by atoms with Crippen molar-refractivity contribution in [2.75, 3.05) is 0 Å². The fourth-order valence-electron chi connectivity index (χ4n) is 1.23. The van der Waals surface area contributed by atoms with Crippen molar-refractivity contribution >= 4 is 10.8 Å². The zero-order valence-corrected chi connectivity index (χ0v) is 6.69. The molecule has 3 heteroatoms. The van der Waals surface area contributed by atoms with Crippen LogP contribution in [0.5, 0.6) is 0 Å².